The summed E-state index contributed by atoms with van der Waals surface area (Å²) < 4.78 is 0. The van der Waals surface area contributed by atoms with Crippen LogP contribution in [0.25, 0.3) is 11.4 Å². The molecule has 1 saturated carbocycles. The second-order valence-corrected chi connectivity index (χ2v) is 6.36. The number of nitrogens with zero attached hydrogens (tertiary/aromatic N) is 2. The molecule has 0 saturated heterocycles. The van der Waals surface area contributed by atoms with E-state index in [1.807, 2.05) is 24.3 Å². The highest BCUT2D eigenvalue weighted by atomic mass is 35.5. The van der Waals surface area contributed by atoms with Crippen molar-refractivity contribution in [3.63, 3.8) is 0 Å². The topological polar surface area (TPSA) is 37.8 Å². The van der Waals surface area contributed by atoms with Crippen LogP contribution in [0.2, 0.25) is 5.02 Å². The summed E-state index contributed by atoms with van der Waals surface area (Å²) in [6, 6.07) is 7.83. The highest BCUT2D eigenvalue weighted by Gasteiger charge is 2.27. The van der Waals surface area contributed by atoms with E-state index >= 15 is 0 Å². The van der Waals surface area contributed by atoms with Gasteiger partial charge in [-0.2, -0.15) is 0 Å². The van der Waals surface area contributed by atoms with Crippen molar-refractivity contribution in [3.05, 3.63) is 46.2 Å². The standard InChI is InChI=1S/C17H18ClN3/c18-13-6-4-12(5-7-13)17-20-15-8-9-19-10-14(15)16(21-17)11-2-1-3-11/h4-7,11,19H,1-3,8-10H2. The molecule has 1 aromatic heterocycles. The first-order chi connectivity index (χ1) is 10.3. The molecule has 2 aliphatic rings. The van der Waals surface area contributed by atoms with Crippen LogP contribution in [0.3, 0.4) is 0 Å². The van der Waals surface area contributed by atoms with Crippen molar-refractivity contribution < 1.29 is 0 Å². The maximum atomic E-state index is 5.98. The lowest BCUT2D eigenvalue weighted by atomic mass is 9.80. The molecule has 2 heterocycles. The van der Waals surface area contributed by atoms with Crippen LogP contribution in [0.4, 0.5) is 0 Å². The minimum Gasteiger partial charge on any atom is -0.312 e. The summed E-state index contributed by atoms with van der Waals surface area (Å²) in [6.07, 6.45) is 4.86. The van der Waals surface area contributed by atoms with Crippen LogP contribution in [0.1, 0.15) is 42.1 Å². The number of hydrogen-bond acceptors (Lipinski definition) is 3. The molecule has 0 spiro atoms. The number of aromatic nitrogens is 2. The second-order valence-electron chi connectivity index (χ2n) is 5.92. The van der Waals surface area contributed by atoms with Gasteiger partial charge in [-0.1, -0.05) is 18.0 Å². The molecule has 2 aromatic rings. The average Bonchev–Trinajstić information content (AvgIpc) is 2.46. The van der Waals surface area contributed by atoms with Crippen LogP contribution in [-0.2, 0) is 13.0 Å². The number of rotatable bonds is 2. The number of benzene rings is 1. The Morgan fingerprint density at radius 2 is 1.90 bits per heavy atom. The SMILES string of the molecule is Clc1ccc(-c2nc3c(c(C4CCC4)n2)CNCC3)cc1. The Balaban J connectivity index is 1.82. The molecule has 21 heavy (non-hydrogen) atoms. The van der Waals surface area contributed by atoms with Crippen LogP contribution in [0.15, 0.2) is 24.3 Å². The quantitative estimate of drug-likeness (QED) is 0.918. The van der Waals surface area contributed by atoms with E-state index in [4.69, 9.17) is 21.6 Å². The van der Waals surface area contributed by atoms with Gasteiger partial charge in [0, 0.05) is 41.6 Å². The summed E-state index contributed by atoms with van der Waals surface area (Å²) in [4.78, 5) is 9.73. The molecule has 0 unspecified atom stereocenters. The van der Waals surface area contributed by atoms with Crippen molar-refractivity contribution in [2.45, 2.75) is 38.1 Å². The van der Waals surface area contributed by atoms with E-state index < -0.39 is 0 Å². The predicted octanol–water partition coefficient (Wildman–Crippen LogP) is 3.71. The smallest absolute Gasteiger partial charge is 0.159 e. The van der Waals surface area contributed by atoms with Gasteiger partial charge in [-0.3, -0.25) is 0 Å². The first kappa shape index (κ1) is 13.2. The Morgan fingerprint density at radius 3 is 2.62 bits per heavy atom. The molecular formula is C17H18ClN3. The highest BCUT2D eigenvalue weighted by Crippen LogP contribution is 2.38. The molecule has 108 valence electrons. The summed E-state index contributed by atoms with van der Waals surface area (Å²) in [6.45, 7) is 1.93. The Morgan fingerprint density at radius 1 is 1.10 bits per heavy atom. The molecule has 1 aliphatic heterocycles. The zero-order valence-electron chi connectivity index (χ0n) is 11.9. The summed E-state index contributed by atoms with van der Waals surface area (Å²) in [5, 5.41) is 4.20. The zero-order chi connectivity index (χ0) is 14.2. The number of nitrogens with one attached hydrogen (secondary N) is 1. The van der Waals surface area contributed by atoms with E-state index in [0.717, 1.165) is 35.9 Å². The van der Waals surface area contributed by atoms with Crippen LogP contribution in [0, 0.1) is 0 Å². The molecule has 0 radical (unpaired) electrons. The lowest BCUT2D eigenvalue weighted by molar-refractivity contribution is 0.404. The fourth-order valence-electron chi connectivity index (χ4n) is 3.12. The molecule has 3 nitrogen and oxygen atoms in total. The average molecular weight is 300 g/mol. The molecular weight excluding hydrogens is 282 g/mol. The van der Waals surface area contributed by atoms with Crippen molar-refractivity contribution in [1.82, 2.24) is 15.3 Å². The van der Waals surface area contributed by atoms with Crippen molar-refractivity contribution in [1.29, 1.82) is 0 Å². The van der Waals surface area contributed by atoms with Crippen molar-refractivity contribution >= 4 is 11.6 Å². The maximum absolute atomic E-state index is 5.98. The third-order valence-electron chi connectivity index (χ3n) is 4.56. The third-order valence-corrected chi connectivity index (χ3v) is 4.81. The summed E-state index contributed by atoms with van der Waals surface area (Å²) >= 11 is 5.98. The van der Waals surface area contributed by atoms with Crippen LogP contribution < -0.4 is 5.32 Å². The van der Waals surface area contributed by atoms with Crippen LogP contribution >= 0.6 is 11.6 Å². The summed E-state index contributed by atoms with van der Waals surface area (Å²) in [5.74, 6) is 1.49. The van der Waals surface area contributed by atoms with Crippen LogP contribution in [-0.4, -0.2) is 16.5 Å². The molecule has 0 amide bonds. The predicted molar refractivity (Wildman–Crippen MR) is 84.5 cm³/mol. The van der Waals surface area contributed by atoms with Gasteiger partial charge < -0.3 is 5.32 Å². The fourth-order valence-corrected chi connectivity index (χ4v) is 3.24. The highest BCUT2D eigenvalue weighted by molar-refractivity contribution is 6.30. The van der Waals surface area contributed by atoms with Gasteiger partial charge in [-0.15, -0.1) is 0 Å². The van der Waals surface area contributed by atoms with Crippen molar-refractivity contribution in [3.8, 4) is 11.4 Å². The molecule has 4 heteroatoms. The van der Waals surface area contributed by atoms with Crippen molar-refractivity contribution in [2.75, 3.05) is 6.54 Å². The Bertz CT molecular complexity index is 662. The zero-order valence-corrected chi connectivity index (χ0v) is 12.7. The van der Waals surface area contributed by atoms with Gasteiger partial charge in [-0.25, -0.2) is 9.97 Å². The minimum absolute atomic E-state index is 0.632. The van der Waals surface area contributed by atoms with E-state index in [-0.39, 0.29) is 0 Å². The molecule has 1 aromatic carbocycles. The second kappa shape index (κ2) is 5.39. The van der Waals surface area contributed by atoms with Gasteiger partial charge in [0.2, 0.25) is 0 Å². The molecule has 1 aliphatic carbocycles. The monoisotopic (exact) mass is 299 g/mol. The van der Waals surface area contributed by atoms with Gasteiger partial charge in [-0.05, 0) is 37.1 Å². The minimum atomic E-state index is 0.632. The van der Waals surface area contributed by atoms with E-state index in [9.17, 15) is 0 Å². The molecule has 1 fully saturated rings. The number of fused-ring (bicyclic) bond motifs is 1. The number of halogens is 1. The Hall–Kier alpha value is -1.45. The first-order valence-electron chi connectivity index (χ1n) is 7.67. The fraction of sp³-hybridized carbons (Fsp3) is 0.412. The maximum Gasteiger partial charge on any atom is 0.159 e. The van der Waals surface area contributed by atoms with Gasteiger partial charge in [0.25, 0.3) is 0 Å². The van der Waals surface area contributed by atoms with Crippen molar-refractivity contribution in [2.24, 2.45) is 0 Å². The number of hydrogen-bond donors (Lipinski definition) is 1. The largest absolute Gasteiger partial charge is 0.312 e. The lowest BCUT2D eigenvalue weighted by Gasteiger charge is -2.29. The lowest BCUT2D eigenvalue weighted by Crippen LogP contribution is -2.28. The van der Waals surface area contributed by atoms with E-state index in [2.05, 4.69) is 5.32 Å². The van der Waals surface area contributed by atoms with Gasteiger partial charge in [0.05, 0.1) is 11.4 Å². The van der Waals surface area contributed by atoms with Gasteiger partial charge >= 0.3 is 0 Å². The molecule has 4 rings (SSSR count). The Labute approximate surface area is 129 Å². The van der Waals surface area contributed by atoms with E-state index in [0.29, 0.717) is 5.92 Å². The van der Waals surface area contributed by atoms with Gasteiger partial charge in [0.15, 0.2) is 5.82 Å². The summed E-state index contributed by atoms with van der Waals surface area (Å²) in [5.41, 5.74) is 4.92. The first-order valence-corrected chi connectivity index (χ1v) is 8.05. The Kier molecular flexibility index (Phi) is 3.40. The normalized spacial score (nSPS) is 18.1. The van der Waals surface area contributed by atoms with Crippen LogP contribution in [0.5, 0.6) is 0 Å². The third kappa shape index (κ3) is 2.45. The van der Waals surface area contributed by atoms with E-state index in [1.165, 1.54) is 36.2 Å². The molecule has 1 N–H and O–H groups in total. The summed E-state index contributed by atoms with van der Waals surface area (Å²) in [7, 11) is 0. The van der Waals surface area contributed by atoms with E-state index in [1.54, 1.807) is 0 Å². The van der Waals surface area contributed by atoms with Gasteiger partial charge in [0.1, 0.15) is 0 Å². The molecule has 0 atom stereocenters. The molecule has 0 bridgehead atoms.